The van der Waals surface area contributed by atoms with E-state index < -0.39 is 0 Å². The second-order valence-electron chi connectivity index (χ2n) is 4.98. The number of rotatable bonds is 4. The van der Waals surface area contributed by atoms with Crippen LogP contribution in [-0.4, -0.2) is 24.2 Å². The molecule has 1 saturated carbocycles. The highest BCUT2D eigenvalue weighted by atomic mass is 16.2. The molecule has 0 aromatic heterocycles. The number of benzene rings is 1. The van der Waals surface area contributed by atoms with Crippen molar-refractivity contribution in [3.05, 3.63) is 34.9 Å². The molecule has 3 heteroatoms. The summed E-state index contributed by atoms with van der Waals surface area (Å²) in [4.78, 5) is 12.0. The van der Waals surface area contributed by atoms with Gasteiger partial charge in [-0.1, -0.05) is 30.7 Å². The Kier molecular flexibility index (Phi) is 4.59. The van der Waals surface area contributed by atoms with E-state index in [2.05, 4.69) is 17.2 Å². The predicted molar refractivity (Wildman–Crippen MR) is 74.8 cm³/mol. The first kappa shape index (κ1) is 13.6. The summed E-state index contributed by atoms with van der Waals surface area (Å²) in [6.45, 7) is 2.52. The Balaban J connectivity index is 1.99. The molecule has 0 radical (unpaired) electrons. The summed E-state index contributed by atoms with van der Waals surface area (Å²) in [6.07, 6.45) is 3.69. The van der Waals surface area contributed by atoms with Crippen LogP contribution in [0.1, 0.15) is 40.7 Å². The molecule has 1 aromatic rings. The van der Waals surface area contributed by atoms with Crippen molar-refractivity contribution in [1.29, 1.82) is 0 Å². The van der Waals surface area contributed by atoms with Crippen molar-refractivity contribution in [2.24, 2.45) is 5.92 Å². The molecule has 1 amide bonds. The quantitative estimate of drug-likeness (QED) is 0.809. The molecule has 0 spiro atoms. The van der Waals surface area contributed by atoms with Gasteiger partial charge in [0.15, 0.2) is 0 Å². The summed E-state index contributed by atoms with van der Waals surface area (Å²) in [5.74, 6) is 6.25. The number of hydrogen-bond donors (Lipinski definition) is 2. The monoisotopic (exact) mass is 257 g/mol. The Hall–Kier alpha value is -1.79. The van der Waals surface area contributed by atoms with Crippen LogP contribution in [0, 0.1) is 24.7 Å². The van der Waals surface area contributed by atoms with Crippen LogP contribution in [0.2, 0.25) is 0 Å². The van der Waals surface area contributed by atoms with Gasteiger partial charge in [0.05, 0.1) is 0 Å². The molecule has 1 aromatic carbocycles. The zero-order chi connectivity index (χ0) is 13.7. The predicted octanol–water partition coefficient (Wildman–Crippen LogP) is 1.87. The topological polar surface area (TPSA) is 49.3 Å². The van der Waals surface area contributed by atoms with E-state index in [9.17, 15) is 4.79 Å². The fourth-order valence-corrected chi connectivity index (χ4v) is 1.93. The molecule has 0 unspecified atom stereocenters. The first-order valence-electron chi connectivity index (χ1n) is 6.69. The minimum absolute atomic E-state index is 0.0484. The van der Waals surface area contributed by atoms with E-state index in [4.69, 9.17) is 5.11 Å². The molecule has 1 fully saturated rings. The van der Waals surface area contributed by atoms with Gasteiger partial charge in [0.2, 0.25) is 0 Å². The van der Waals surface area contributed by atoms with Crippen LogP contribution in [0.4, 0.5) is 0 Å². The normalized spacial score (nSPS) is 13.6. The van der Waals surface area contributed by atoms with Gasteiger partial charge in [0, 0.05) is 17.7 Å². The number of aliphatic hydroxyl groups excluding tert-OH is 1. The molecule has 0 heterocycles. The lowest BCUT2D eigenvalue weighted by Crippen LogP contribution is -2.24. The lowest BCUT2D eigenvalue weighted by Gasteiger charge is -2.06. The van der Waals surface area contributed by atoms with Crippen LogP contribution < -0.4 is 5.32 Å². The number of carbonyl (C=O) groups is 1. The first-order valence-corrected chi connectivity index (χ1v) is 6.69. The van der Waals surface area contributed by atoms with Crippen molar-refractivity contribution >= 4 is 5.91 Å². The summed E-state index contributed by atoms with van der Waals surface area (Å²) in [6, 6.07) is 5.48. The Morgan fingerprint density at radius 3 is 2.95 bits per heavy atom. The highest BCUT2D eigenvalue weighted by Crippen LogP contribution is 2.31. The third-order valence-corrected chi connectivity index (χ3v) is 3.34. The first-order chi connectivity index (χ1) is 9.20. The van der Waals surface area contributed by atoms with E-state index in [0.29, 0.717) is 5.56 Å². The van der Waals surface area contributed by atoms with Crippen LogP contribution in [0.5, 0.6) is 0 Å². The van der Waals surface area contributed by atoms with Crippen molar-refractivity contribution in [2.75, 3.05) is 13.2 Å². The molecule has 100 valence electrons. The van der Waals surface area contributed by atoms with E-state index in [-0.39, 0.29) is 12.5 Å². The average Bonchev–Trinajstić information content (AvgIpc) is 3.22. The lowest BCUT2D eigenvalue weighted by atomic mass is 10.0. The smallest absolute Gasteiger partial charge is 0.251 e. The molecule has 0 aliphatic heterocycles. The number of hydrogen-bond acceptors (Lipinski definition) is 2. The molecule has 0 saturated heterocycles. The molecule has 3 nitrogen and oxygen atoms in total. The van der Waals surface area contributed by atoms with Gasteiger partial charge in [-0.15, -0.1) is 0 Å². The molecule has 2 rings (SSSR count). The molecule has 2 N–H and O–H groups in total. The third kappa shape index (κ3) is 4.11. The number of aliphatic hydroxyl groups is 1. The van der Waals surface area contributed by atoms with Gasteiger partial charge in [-0.2, -0.15) is 0 Å². The van der Waals surface area contributed by atoms with E-state index in [0.717, 1.165) is 30.0 Å². The summed E-state index contributed by atoms with van der Waals surface area (Å²) in [5.41, 5.74) is 2.43. The lowest BCUT2D eigenvalue weighted by molar-refractivity contribution is 0.0952. The van der Waals surface area contributed by atoms with Crippen molar-refractivity contribution in [2.45, 2.75) is 26.2 Å². The molecule has 1 aliphatic carbocycles. The second kappa shape index (κ2) is 6.40. The number of carbonyl (C=O) groups excluding carboxylic acids is 1. The van der Waals surface area contributed by atoms with Crippen LogP contribution in [0.3, 0.4) is 0 Å². The number of nitrogens with one attached hydrogen (secondary N) is 1. The Bertz CT molecular complexity index is 521. The van der Waals surface area contributed by atoms with Crippen LogP contribution in [0.15, 0.2) is 18.2 Å². The van der Waals surface area contributed by atoms with Gasteiger partial charge in [-0.3, -0.25) is 4.79 Å². The van der Waals surface area contributed by atoms with E-state index in [1.54, 1.807) is 6.07 Å². The molecule has 1 aliphatic rings. The van der Waals surface area contributed by atoms with E-state index in [1.807, 2.05) is 19.1 Å². The number of aryl methyl sites for hydroxylation is 1. The average molecular weight is 257 g/mol. The van der Waals surface area contributed by atoms with Gasteiger partial charge >= 0.3 is 0 Å². The van der Waals surface area contributed by atoms with Gasteiger partial charge < -0.3 is 10.4 Å². The minimum atomic E-state index is -0.169. The van der Waals surface area contributed by atoms with Gasteiger partial charge in [-0.05, 0) is 37.0 Å². The van der Waals surface area contributed by atoms with Gasteiger partial charge in [-0.25, -0.2) is 0 Å². The summed E-state index contributed by atoms with van der Waals surface area (Å²) >= 11 is 0. The standard InChI is InChI=1S/C16H19NO2/c1-12-4-7-15(11-14(12)3-2-10-18)16(19)17-9-8-13-5-6-13/h4,7,11,13,18H,5-6,8-10H2,1H3,(H,17,19). The highest BCUT2D eigenvalue weighted by Gasteiger charge is 2.20. The summed E-state index contributed by atoms with van der Waals surface area (Å²) in [7, 11) is 0. The number of amides is 1. The largest absolute Gasteiger partial charge is 0.384 e. The van der Waals surface area contributed by atoms with Crippen LogP contribution >= 0.6 is 0 Å². The molecule has 0 atom stereocenters. The zero-order valence-corrected chi connectivity index (χ0v) is 11.2. The van der Waals surface area contributed by atoms with Crippen LogP contribution in [0.25, 0.3) is 0 Å². The van der Waals surface area contributed by atoms with E-state index in [1.165, 1.54) is 12.8 Å². The second-order valence-corrected chi connectivity index (χ2v) is 4.98. The van der Waals surface area contributed by atoms with Gasteiger partial charge in [0.25, 0.3) is 5.91 Å². The third-order valence-electron chi connectivity index (χ3n) is 3.34. The van der Waals surface area contributed by atoms with Crippen molar-refractivity contribution in [1.82, 2.24) is 5.32 Å². The Labute approximate surface area is 114 Å². The van der Waals surface area contributed by atoms with E-state index >= 15 is 0 Å². The Morgan fingerprint density at radius 2 is 2.26 bits per heavy atom. The maximum atomic E-state index is 12.0. The minimum Gasteiger partial charge on any atom is -0.384 e. The van der Waals surface area contributed by atoms with Crippen LogP contribution in [-0.2, 0) is 0 Å². The van der Waals surface area contributed by atoms with Crippen molar-refractivity contribution < 1.29 is 9.90 Å². The SMILES string of the molecule is Cc1ccc(C(=O)NCCC2CC2)cc1C#CCO. The van der Waals surface area contributed by atoms with Crippen molar-refractivity contribution in [3.63, 3.8) is 0 Å². The maximum absolute atomic E-state index is 12.0. The summed E-state index contributed by atoms with van der Waals surface area (Å²) < 4.78 is 0. The Morgan fingerprint density at radius 1 is 1.47 bits per heavy atom. The summed E-state index contributed by atoms with van der Waals surface area (Å²) in [5, 5.41) is 11.7. The molecular weight excluding hydrogens is 238 g/mol. The zero-order valence-electron chi connectivity index (χ0n) is 11.2. The molecular formula is C16H19NO2. The fourth-order valence-electron chi connectivity index (χ4n) is 1.93. The maximum Gasteiger partial charge on any atom is 0.251 e. The molecule has 19 heavy (non-hydrogen) atoms. The highest BCUT2D eigenvalue weighted by molar-refractivity contribution is 5.94. The van der Waals surface area contributed by atoms with Crippen molar-refractivity contribution in [3.8, 4) is 11.8 Å². The molecule has 0 bridgehead atoms. The fraction of sp³-hybridized carbons (Fsp3) is 0.438. The van der Waals surface area contributed by atoms with Gasteiger partial charge in [0.1, 0.15) is 6.61 Å².